The second kappa shape index (κ2) is 7.16. The van der Waals surface area contributed by atoms with Crippen molar-refractivity contribution in [1.82, 2.24) is 0 Å². The lowest BCUT2D eigenvalue weighted by Crippen LogP contribution is -2.13. The molecule has 2 aromatic rings. The highest BCUT2D eigenvalue weighted by atomic mass is 32.2. The summed E-state index contributed by atoms with van der Waals surface area (Å²) in [5.74, 6) is 0.0816. The lowest BCUT2D eigenvalue weighted by atomic mass is 10.2. The summed E-state index contributed by atoms with van der Waals surface area (Å²) in [4.78, 5) is 0. The van der Waals surface area contributed by atoms with Crippen LogP contribution in [0.1, 0.15) is 23.6 Å². The second-order valence-corrected chi connectivity index (χ2v) is 6.55. The van der Waals surface area contributed by atoms with Crippen LogP contribution in [0.25, 0.3) is 0 Å². The van der Waals surface area contributed by atoms with Crippen molar-refractivity contribution >= 4 is 10.1 Å². The molecular formula is C17H17NO4S. The summed E-state index contributed by atoms with van der Waals surface area (Å²) in [5, 5.41) is 8.91. The van der Waals surface area contributed by atoms with E-state index in [1.54, 1.807) is 25.1 Å². The molecule has 0 saturated heterocycles. The maximum absolute atomic E-state index is 12.2. The van der Waals surface area contributed by atoms with Gasteiger partial charge >= 0.3 is 10.1 Å². The summed E-state index contributed by atoms with van der Waals surface area (Å²) in [6.07, 6.45) is 0. The van der Waals surface area contributed by atoms with Gasteiger partial charge in [0.1, 0.15) is 5.75 Å². The number of hydrogen-bond acceptors (Lipinski definition) is 5. The first-order chi connectivity index (χ1) is 10.9. The van der Waals surface area contributed by atoms with Crippen molar-refractivity contribution in [2.45, 2.75) is 19.6 Å². The topological polar surface area (TPSA) is 76.4 Å². The summed E-state index contributed by atoms with van der Waals surface area (Å²) >= 11 is 0. The number of nitrogens with zero attached hydrogens (tertiary/aromatic N) is 1. The van der Waals surface area contributed by atoms with Gasteiger partial charge in [-0.3, -0.25) is 0 Å². The fraction of sp³-hybridized carbons (Fsp3) is 0.235. The van der Waals surface area contributed by atoms with Crippen molar-refractivity contribution in [2.24, 2.45) is 0 Å². The predicted octanol–water partition coefficient (Wildman–Crippen LogP) is 3.17. The van der Waals surface area contributed by atoms with Gasteiger partial charge in [0.05, 0.1) is 18.2 Å². The number of benzene rings is 2. The Hall–Kier alpha value is -2.52. The molecule has 0 radical (unpaired) electrons. The van der Waals surface area contributed by atoms with Gasteiger partial charge in [0, 0.05) is 6.07 Å². The summed E-state index contributed by atoms with van der Waals surface area (Å²) < 4.78 is 35.0. The van der Waals surface area contributed by atoms with Crippen LogP contribution >= 0.6 is 0 Å². The van der Waals surface area contributed by atoms with Crippen molar-refractivity contribution in [3.63, 3.8) is 0 Å². The van der Waals surface area contributed by atoms with Crippen LogP contribution in [0.5, 0.6) is 11.5 Å². The second-order valence-electron chi connectivity index (χ2n) is 4.98. The predicted molar refractivity (Wildman–Crippen MR) is 86.8 cm³/mol. The minimum atomic E-state index is -3.83. The highest BCUT2D eigenvalue weighted by Gasteiger charge is 2.17. The first kappa shape index (κ1) is 16.8. The van der Waals surface area contributed by atoms with Crippen molar-refractivity contribution in [1.29, 1.82) is 5.26 Å². The first-order valence-electron chi connectivity index (χ1n) is 7.08. The largest absolute Gasteiger partial charge is 0.490 e. The maximum atomic E-state index is 12.2. The smallest absolute Gasteiger partial charge is 0.313 e. The average Bonchev–Trinajstić information content (AvgIpc) is 2.48. The zero-order chi connectivity index (χ0) is 16.9. The first-order valence-corrected chi connectivity index (χ1v) is 8.66. The Balaban J connectivity index is 2.25. The molecule has 0 saturated carbocycles. The van der Waals surface area contributed by atoms with Gasteiger partial charge in [-0.25, -0.2) is 0 Å². The van der Waals surface area contributed by atoms with E-state index < -0.39 is 10.1 Å². The van der Waals surface area contributed by atoms with Crippen LogP contribution in [-0.4, -0.2) is 15.0 Å². The molecule has 0 N–H and O–H groups in total. The summed E-state index contributed by atoms with van der Waals surface area (Å²) in [5.41, 5.74) is 2.00. The molecule has 0 spiro atoms. The number of aryl methyl sites for hydroxylation is 1. The van der Waals surface area contributed by atoms with E-state index in [0.29, 0.717) is 17.7 Å². The molecule has 120 valence electrons. The Bertz CT molecular complexity index is 838. The van der Waals surface area contributed by atoms with Gasteiger partial charge in [-0.2, -0.15) is 13.7 Å². The molecule has 23 heavy (non-hydrogen) atoms. The monoisotopic (exact) mass is 331 g/mol. The SMILES string of the molecule is CCOc1cc(C#N)ccc1OS(=O)(=O)Cc1cccc(C)c1. The normalized spacial score (nSPS) is 10.8. The van der Waals surface area contributed by atoms with Crippen LogP contribution < -0.4 is 8.92 Å². The molecule has 0 aliphatic carbocycles. The summed E-state index contributed by atoms with van der Waals surface area (Å²) in [7, 11) is -3.83. The summed E-state index contributed by atoms with van der Waals surface area (Å²) in [6.45, 7) is 4.00. The Morgan fingerprint density at radius 2 is 1.91 bits per heavy atom. The van der Waals surface area contributed by atoms with Crippen LogP contribution in [0.2, 0.25) is 0 Å². The molecule has 0 amide bonds. The zero-order valence-corrected chi connectivity index (χ0v) is 13.8. The average molecular weight is 331 g/mol. The van der Waals surface area contributed by atoms with E-state index in [1.165, 1.54) is 18.2 Å². The molecule has 2 rings (SSSR count). The number of ether oxygens (including phenoxy) is 1. The van der Waals surface area contributed by atoms with Crippen molar-refractivity contribution < 1.29 is 17.3 Å². The van der Waals surface area contributed by atoms with Crippen molar-refractivity contribution in [3.05, 3.63) is 59.2 Å². The van der Waals surface area contributed by atoms with E-state index >= 15 is 0 Å². The van der Waals surface area contributed by atoms with E-state index in [0.717, 1.165) is 5.56 Å². The lowest BCUT2D eigenvalue weighted by molar-refractivity contribution is 0.327. The number of rotatable bonds is 6. The van der Waals surface area contributed by atoms with Gasteiger partial charge in [-0.1, -0.05) is 29.8 Å². The summed E-state index contributed by atoms with van der Waals surface area (Å²) in [6, 6.07) is 13.6. The molecule has 6 heteroatoms. The standard InChI is InChI=1S/C17H17NO4S/c1-3-21-17-10-14(11-18)7-8-16(17)22-23(19,20)12-15-6-4-5-13(2)9-15/h4-10H,3,12H2,1-2H3. The van der Waals surface area contributed by atoms with Crippen LogP contribution in [0.4, 0.5) is 0 Å². The van der Waals surface area contributed by atoms with Crippen LogP contribution in [0, 0.1) is 18.3 Å². The zero-order valence-electron chi connectivity index (χ0n) is 12.9. The van der Waals surface area contributed by atoms with Gasteiger partial charge in [0.25, 0.3) is 0 Å². The lowest BCUT2D eigenvalue weighted by Gasteiger charge is -2.12. The molecule has 0 fully saturated rings. The van der Waals surface area contributed by atoms with E-state index in [-0.39, 0.29) is 17.3 Å². The third-order valence-electron chi connectivity index (χ3n) is 3.02. The van der Waals surface area contributed by atoms with Gasteiger partial charge in [0.15, 0.2) is 11.5 Å². The fourth-order valence-corrected chi connectivity index (χ4v) is 3.15. The molecule has 0 heterocycles. The van der Waals surface area contributed by atoms with Gasteiger partial charge < -0.3 is 8.92 Å². The van der Waals surface area contributed by atoms with Gasteiger partial charge in [-0.15, -0.1) is 0 Å². The molecule has 0 bridgehead atoms. The number of nitriles is 1. The molecule has 0 aliphatic rings. The maximum Gasteiger partial charge on any atom is 0.313 e. The molecule has 0 aromatic heterocycles. The molecule has 2 aromatic carbocycles. The van der Waals surface area contributed by atoms with Crippen LogP contribution in [0.3, 0.4) is 0 Å². The molecule has 5 nitrogen and oxygen atoms in total. The minimum absolute atomic E-state index is 0.0819. The van der Waals surface area contributed by atoms with Gasteiger partial charge in [0.2, 0.25) is 0 Å². The van der Waals surface area contributed by atoms with E-state index in [4.69, 9.17) is 14.2 Å². The Kier molecular flexibility index (Phi) is 5.24. The highest BCUT2D eigenvalue weighted by molar-refractivity contribution is 7.86. The molecule has 0 atom stereocenters. The van der Waals surface area contributed by atoms with Crippen molar-refractivity contribution in [3.8, 4) is 17.6 Å². The van der Waals surface area contributed by atoms with E-state index in [1.807, 2.05) is 19.1 Å². The molecule has 0 aliphatic heterocycles. The quantitative estimate of drug-likeness (QED) is 0.760. The molecular weight excluding hydrogens is 314 g/mol. The van der Waals surface area contributed by atoms with Crippen LogP contribution in [0.15, 0.2) is 42.5 Å². The fourth-order valence-electron chi connectivity index (χ4n) is 2.09. The minimum Gasteiger partial charge on any atom is -0.490 e. The Morgan fingerprint density at radius 1 is 1.13 bits per heavy atom. The molecule has 0 unspecified atom stereocenters. The van der Waals surface area contributed by atoms with E-state index in [2.05, 4.69) is 0 Å². The third kappa shape index (κ3) is 4.73. The Labute approximate surface area is 136 Å². The van der Waals surface area contributed by atoms with E-state index in [9.17, 15) is 8.42 Å². The highest BCUT2D eigenvalue weighted by Crippen LogP contribution is 2.30. The van der Waals surface area contributed by atoms with Gasteiger partial charge in [-0.05, 0) is 31.5 Å². The van der Waals surface area contributed by atoms with Crippen molar-refractivity contribution in [2.75, 3.05) is 6.61 Å². The number of hydrogen-bond donors (Lipinski definition) is 0. The van der Waals surface area contributed by atoms with Crippen LogP contribution in [-0.2, 0) is 15.9 Å². The third-order valence-corrected chi connectivity index (χ3v) is 4.14. The Morgan fingerprint density at radius 3 is 2.57 bits per heavy atom.